The third-order valence-corrected chi connectivity index (χ3v) is 5.73. The molecule has 0 spiro atoms. The lowest BCUT2D eigenvalue weighted by Crippen LogP contribution is -2.30. The smallest absolute Gasteiger partial charge is 0.224 e. The van der Waals surface area contributed by atoms with E-state index >= 15 is 0 Å². The Hall–Kier alpha value is -3.00. The number of hydrogen-bond donors (Lipinski definition) is 2. The maximum absolute atomic E-state index is 12.6. The summed E-state index contributed by atoms with van der Waals surface area (Å²) >= 11 is 0. The number of nitrogens with one attached hydrogen (secondary N) is 2. The first kappa shape index (κ1) is 21.2. The van der Waals surface area contributed by atoms with Crippen molar-refractivity contribution in [1.29, 1.82) is 0 Å². The van der Waals surface area contributed by atoms with E-state index in [9.17, 15) is 4.79 Å². The molecule has 8 nitrogen and oxygen atoms in total. The fraction of sp³-hybridized carbons (Fsp3) is 0.478. The van der Waals surface area contributed by atoms with Gasteiger partial charge in [-0.15, -0.1) is 0 Å². The Bertz CT molecular complexity index is 1030. The molecule has 0 aromatic carbocycles. The number of nitrogens with zero attached hydrogens (tertiary/aromatic N) is 4. The van der Waals surface area contributed by atoms with Crippen LogP contribution in [0.5, 0.6) is 0 Å². The Labute approximate surface area is 182 Å². The van der Waals surface area contributed by atoms with Gasteiger partial charge in [-0.1, -0.05) is 13.0 Å². The van der Waals surface area contributed by atoms with Crippen LogP contribution in [-0.4, -0.2) is 44.9 Å². The summed E-state index contributed by atoms with van der Waals surface area (Å²) in [6.45, 7) is 6.87. The molecule has 0 saturated carbocycles. The minimum Gasteiger partial charge on any atom is -0.381 e. The third kappa shape index (κ3) is 4.85. The van der Waals surface area contributed by atoms with Gasteiger partial charge >= 0.3 is 0 Å². The maximum Gasteiger partial charge on any atom is 0.224 e. The van der Waals surface area contributed by atoms with Crippen LogP contribution in [0.15, 0.2) is 30.7 Å². The first-order chi connectivity index (χ1) is 15.2. The Kier molecular flexibility index (Phi) is 6.76. The van der Waals surface area contributed by atoms with Crippen molar-refractivity contribution in [1.82, 2.24) is 25.1 Å². The number of carbonyl (C=O) groups excluding carboxylic acids is 1. The van der Waals surface area contributed by atoms with Gasteiger partial charge in [-0.05, 0) is 37.8 Å². The predicted molar refractivity (Wildman–Crippen MR) is 120 cm³/mol. The van der Waals surface area contributed by atoms with Gasteiger partial charge in [0, 0.05) is 56.0 Å². The first-order valence-corrected chi connectivity index (χ1v) is 11.1. The number of carbonyl (C=O) groups is 1. The molecule has 3 aromatic rings. The second kappa shape index (κ2) is 9.87. The van der Waals surface area contributed by atoms with E-state index in [1.54, 1.807) is 12.4 Å². The van der Waals surface area contributed by atoms with Crippen LogP contribution < -0.4 is 10.6 Å². The molecule has 1 aliphatic heterocycles. The maximum atomic E-state index is 12.6. The Balaban J connectivity index is 1.63. The van der Waals surface area contributed by atoms with Crippen molar-refractivity contribution >= 4 is 22.6 Å². The number of ether oxygens (including phenoxy) is 1. The number of aromatic nitrogens is 4. The van der Waals surface area contributed by atoms with Gasteiger partial charge in [0.1, 0.15) is 0 Å². The molecule has 2 N–H and O–H groups in total. The molecule has 164 valence electrons. The van der Waals surface area contributed by atoms with E-state index in [1.807, 2.05) is 23.0 Å². The highest BCUT2D eigenvalue weighted by molar-refractivity contribution is 5.92. The molecule has 8 heteroatoms. The summed E-state index contributed by atoms with van der Waals surface area (Å²) in [6.07, 6.45) is 8.32. The molecule has 1 amide bonds. The van der Waals surface area contributed by atoms with Crippen molar-refractivity contribution in [3.8, 4) is 0 Å². The molecule has 0 radical (unpaired) electrons. The number of aryl methyl sites for hydroxylation is 2. The lowest BCUT2D eigenvalue weighted by atomic mass is 10.0. The largest absolute Gasteiger partial charge is 0.381 e. The van der Waals surface area contributed by atoms with E-state index in [-0.39, 0.29) is 5.91 Å². The van der Waals surface area contributed by atoms with E-state index in [2.05, 4.69) is 34.6 Å². The number of rotatable bonds is 8. The fourth-order valence-electron chi connectivity index (χ4n) is 4.04. The number of hydrogen-bond acceptors (Lipinski definition) is 6. The number of pyridine rings is 2. The molecule has 1 fully saturated rings. The summed E-state index contributed by atoms with van der Waals surface area (Å²) in [6, 6.07) is 4.09. The average Bonchev–Trinajstić information content (AvgIpc) is 3.22. The minimum absolute atomic E-state index is 0.0311. The molecule has 0 unspecified atom stereocenters. The number of anilines is 1. The van der Waals surface area contributed by atoms with Gasteiger partial charge in [-0.3, -0.25) is 9.78 Å². The molecular weight excluding hydrogens is 392 g/mol. The molecular formula is C23H30N6O2. The van der Waals surface area contributed by atoms with Crippen molar-refractivity contribution in [2.45, 2.75) is 58.7 Å². The van der Waals surface area contributed by atoms with Gasteiger partial charge in [0.2, 0.25) is 5.91 Å². The van der Waals surface area contributed by atoms with Gasteiger partial charge in [0.15, 0.2) is 5.65 Å². The van der Waals surface area contributed by atoms with Gasteiger partial charge in [-0.2, -0.15) is 5.10 Å². The standard InChI is InChI=1S/C23H30N6O2/c1-3-20-18(14-25-21(30)12-16-6-5-9-24-13-16)22(27-17-7-10-31-11-8-17)19-15-26-29(4-2)23(19)28-20/h5-6,9,13,15,17H,3-4,7-8,10-12,14H2,1-2H3,(H,25,30)(H,27,28). The molecule has 31 heavy (non-hydrogen) atoms. The molecule has 0 aliphatic carbocycles. The van der Waals surface area contributed by atoms with Crippen molar-refractivity contribution in [2.75, 3.05) is 18.5 Å². The van der Waals surface area contributed by atoms with Gasteiger partial charge in [0.25, 0.3) is 0 Å². The van der Waals surface area contributed by atoms with E-state index < -0.39 is 0 Å². The highest BCUT2D eigenvalue weighted by Crippen LogP contribution is 2.31. The van der Waals surface area contributed by atoms with Crippen LogP contribution in [0, 0.1) is 0 Å². The Morgan fingerprint density at radius 2 is 2.10 bits per heavy atom. The number of amides is 1. The molecule has 0 atom stereocenters. The monoisotopic (exact) mass is 422 g/mol. The van der Waals surface area contributed by atoms with Gasteiger partial charge < -0.3 is 15.4 Å². The molecule has 1 aliphatic rings. The van der Waals surface area contributed by atoms with Crippen LogP contribution in [0.2, 0.25) is 0 Å². The Morgan fingerprint density at radius 1 is 1.26 bits per heavy atom. The summed E-state index contributed by atoms with van der Waals surface area (Å²) in [5.74, 6) is -0.0311. The zero-order valence-corrected chi connectivity index (χ0v) is 18.2. The van der Waals surface area contributed by atoms with Crippen molar-refractivity contribution in [2.24, 2.45) is 0 Å². The van der Waals surface area contributed by atoms with Crippen LogP contribution in [0.4, 0.5) is 5.69 Å². The zero-order valence-electron chi connectivity index (χ0n) is 18.2. The van der Waals surface area contributed by atoms with Crippen LogP contribution in [0.1, 0.15) is 43.5 Å². The zero-order chi connectivity index (χ0) is 21.6. The summed E-state index contributed by atoms with van der Waals surface area (Å²) in [5, 5.41) is 12.4. The summed E-state index contributed by atoms with van der Waals surface area (Å²) < 4.78 is 7.45. The number of fused-ring (bicyclic) bond motifs is 1. The summed E-state index contributed by atoms with van der Waals surface area (Å²) in [7, 11) is 0. The van der Waals surface area contributed by atoms with E-state index in [1.165, 1.54) is 0 Å². The van der Waals surface area contributed by atoms with Gasteiger partial charge in [0.05, 0.1) is 23.7 Å². The average molecular weight is 423 g/mol. The second-order valence-corrected chi connectivity index (χ2v) is 7.81. The highest BCUT2D eigenvalue weighted by atomic mass is 16.5. The molecule has 1 saturated heterocycles. The summed E-state index contributed by atoms with van der Waals surface area (Å²) in [4.78, 5) is 21.6. The lowest BCUT2D eigenvalue weighted by Gasteiger charge is -2.26. The molecule has 4 rings (SSSR count). The van der Waals surface area contributed by atoms with E-state index in [0.717, 1.165) is 72.6 Å². The second-order valence-electron chi connectivity index (χ2n) is 7.81. The van der Waals surface area contributed by atoms with Crippen molar-refractivity contribution in [3.05, 3.63) is 47.5 Å². The normalized spacial score (nSPS) is 14.6. The molecule has 0 bridgehead atoms. The summed E-state index contributed by atoms with van der Waals surface area (Å²) in [5.41, 5.74) is 4.85. The van der Waals surface area contributed by atoms with E-state index in [0.29, 0.717) is 19.0 Å². The van der Waals surface area contributed by atoms with Crippen molar-refractivity contribution in [3.63, 3.8) is 0 Å². The topological polar surface area (TPSA) is 94.0 Å². The first-order valence-electron chi connectivity index (χ1n) is 11.1. The minimum atomic E-state index is -0.0311. The fourth-order valence-corrected chi connectivity index (χ4v) is 4.04. The van der Waals surface area contributed by atoms with Crippen LogP contribution >= 0.6 is 0 Å². The molecule has 4 heterocycles. The molecule has 3 aromatic heterocycles. The quantitative estimate of drug-likeness (QED) is 0.580. The van der Waals surface area contributed by atoms with Crippen molar-refractivity contribution < 1.29 is 9.53 Å². The predicted octanol–water partition coefficient (Wildman–Crippen LogP) is 2.86. The highest BCUT2D eigenvalue weighted by Gasteiger charge is 2.22. The SMILES string of the molecule is CCc1nc2c(cnn2CC)c(NC2CCOCC2)c1CNC(=O)Cc1cccnc1. The Morgan fingerprint density at radius 3 is 2.81 bits per heavy atom. The lowest BCUT2D eigenvalue weighted by molar-refractivity contribution is -0.120. The van der Waals surface area contributed by atoms with Crippen LogP contribution in [0.3, 0.4) is 0 Å². The van der Waals surface area contributed by atoms with Crippen LogP contribution in [0.25, 0.3) is 11.0 Å². The van der Waals surface area contributed by atoms with Gasteiger partial charge in [-0.25, -0.2) is 9.67 Å². The van der Waals surface area contributed by atoms with Crippen LogP contribution in [-0.2, 0) is 35.5 Å². The third-order valence-electron chi connectivity index (χ3n) is 5.73. The van der Waals surface area contributed by atoms with E-state index in [4.69, 9.17) is 9.72 Å².